The minimum absolute atomic E-state index is 0.0302. The fourth-order valence-electron chi connectivity index (χ4n) is 2.10. The molecule has 0 aliphatic carbocycles. The Kier molecular flexibility index (Phi) is 29.0. The number of phenols is 2. The third-order valence-corrected chi connectivity index (χ3v) is 19.2. The summed E-state index contributed by atoms with van der Waals surface area (Å²) in [6.07, 6.45) is 0. The first-order valence-electron chi connectivity index (χ1n) is 12.5. The van der Waals surface area contributed by atoms with Crippen molar-refractivity contribution < 1.29 is 19.7 Å². The third-order valence-electron chi connectivity index (χ3n) is 4.57. The summed E-state index contributed by atoms with van der Waals surface area (Å²) in [6, 6.07) is 10.3. The van der Waals surface area contributed by atoms with Crippen LogP contribution in [-0.4, -0.2) is 75.3 Å². The van der Waals surface area contributed by atoms with Gasteiger partial charge in [-0.1, -0.05) is 146 Å². The molecule has 0 amide bonds. The molecule has 0 radical (unpaired) electrons. The van der Waals surface area contributed by atoms with Gasteiger partial charge in [-0.15, -0.1) is 0 Å². The number of para-hydroxylation sites is 1. The van der Waals surface area contributed by atoms with E-state index >= 15 is 0 Å². The predicted molar refractivity (Wildman–Crippen MR) is 233 cm³/mol. The molecule has 0 saturated carbocycles. The highest BCUT2D eigenvalue weighted by Gasteiger charge is 2.24. The van der Waals surface area contributed by atoms with Gasteiger partial charge in [0.2, 0.25) is 0 Å². The van der Waals surface area contributed by atoms with E-state index < -0.39 is 0 Å². The van der Waals surface area contributed by atoms with Crippen molar-refractivity contribution in [2.24, 2.45) is 0 Å². The number of benzene rings is 2. The topological polar surface area (TPSA) is 58.9 Å². The van der Waals surface area contributed by atoms with Gasteiger partial charge in [-0.2, -0.15) is 0 Å². The maximum absolute atomic E-state index is 9.28. The van der Waals surface area contributed by atoms with E-state index in [-0.39, 0.29) is 23.0 Å². The van der Waals surface area contributed by atoms with E-state index in [1.807, 2.05) is 6.07 Å². The highest BCUT2D eigenvalue weighted by atomic mass is 79.9. The Morgan fingerprint density at radius 3 is 1.11 bits per heavy atom. The molecule has 0 aromatic heterocycles. The first-order chi connectivity index (χ1) is 20.1. The maximum Gasteiger partial charge on any atom is 0.132 e. The average Bonchev–Trinajstić information content (AvgIpc) is 2.96. The molecule has 0 fully saturated rings. The van der Waals surface area contributed by atoms with Crippen LogP contribution in [0.5, 0.6) is 11.5 Å². The van der Waals surface area contributed by atoms with E-state index in [2.05, 4.69) is 219 Å². The summed E-state index contributed by atoms with van der Waals surface area (Å²) in [7, 11) is 0. The lowest BCUT2D eigenvalue weighted by molar-refractivity contribution is 0.111. The molecule has 0 heterocycles. The van der Waals surface area contributed by atoms with Crippen molar-refractivity contribution in [2.75, 3.05) is 47.7 Å². The molecule has 4 nitrogen and oxygen atoms in total. The Balaban J connectivity index is 0. The summed E-state index contributed by atoms with van der Waals surface area (Å²) in [5.74, 6) is 0.523. The van der Waals surface area contributed by atoms with Gasteiger partial charge in [0.15, 0.2) is 0 Å². The van der Waals surface area contributed by atoms with Gasteiger partial charge in [-0.05, 0) is 110 Å². The van der Waals surface area contributed by atoms with E-state index in [0.29, 0.717) is 36.6 Å². The van der Waals surface area contributed by atoms with Gasteiger partial charge in [0.05, 0.1) is 52.7 Å². The minimum atomic E-state index is 0.0302. The highest BCUT2D eigenvalue weighted by molar-refractivity contribution is 9.15. The molecule has 44 heavy (non-hydrogen) atoms. The van der Waals surface area contributed by atoms with Crippen LogP contribution >= 0.6 is 191 Å². The third kappa shape index (κ3) is 25.6. The van der Waals surface area contributed by atoms with E-state index in [4.69, 9.17) is 14.6 Å². The molecule has 0 aliphatic rings. The monoisotopic (exact) mass is 1380 g/mol. The summed E-state index contributed by atoms with van der Waals surface area (Å²) in [5.41, 5.74) is 0. The molecule has 2 rings (SSSR count). The van der Waals surface area contributed by atoms with Gasteiger partial charge >= 0.3 is 0 Å². The fraction of sp³-hybridized carbons (Fsp3) is 0.571. The number of alkyl halides is 8. The van der Waals surface area contributed by atoms with Crippen LogP contribution in [0.1, 0.15) is 27.7 Å². The van der Waals surface area contributed by atoms with Gasteiger partial charge in [0.25, 0.3) is 0 Å². The first-order valence-corrected chi connectivity index (χ1v) is 23.3. The molecule has 2 aromatic rings. The smallest absolute Gasteiger partial charge is 0.132 e. The molecule has 2 N–H and O–H groups in total. The quantitative estimate of drug-likeness (QED) is 0.126. The van der Waals surface area contributed by atoms with Gasteiger partial charge in [0.1, 0.15) is 11.5 Å². The lowest BCUT2D eigenvalue weighted by Gasteiger charge is -2.24. The predicted octanol–water partition coefficient (Wildman–Crippen LogP) is 14.0. The second-order valence-corrected chi connectivity index (χ2v) is 23.5. The number of hydrogen-bond donors (Lipinski definition) is 2. The summed E-state index contributed by atoms with van der Waals surface area (Å²) >= 11 is 41.1. The van der Waals surface area contributed by atoms with Gasteiger partial charge in [-0.3, -0.25) is 0 Å². The minimum Gasteiger partial charge on any atom is -0.508 e. The SMILES string of the molecule is CC(Br)(CBr)COC[C@](C)(Br)CBr.CC(Br)(CBr)COC[C@](C)(Br)CBr.Oc1cc(Br)c(Br)c(Br)c1Br.Oc1ccccc1. The van der Waals surface area contributed by atoms with Crippen molar-refractivity contribution in [3.63, 3.8) is 0 Å². The van der Waals surface area contributed by atoms with E-state index in [0.717, 1.165) is 34.7 Å². The lowest BCUT2D eigenvalue weighted by atomic mass is 10.2. The van der Waals surface area contributed by atoms with Crippen molar-refractivity contribution in [3.05, 3.63) is 54.3 Å². The van der Waals surface area contributed by atoms with Crippen molar-refractivity contribution in [2.45, 2.75) is 45.0 Å². The Bertz CT molecular complexity index is 962. The molecule has 16 heteroatoms. The van der Waals surface area contributed by atoms with E-state index in [1.54, 1.807) is 30.3 Å². The fourth-order valence-corrected chi connectivity index (χ4v) is 5.38. The van der Waals surface area contributed by atoms with Crippen LogP contribution in [0.25, 0.3) is 0 Å². The van der Waals surface area contributed by atoms with Crippen LogP contribution in [0.15, 0.2) is 54.3 Å². The van der Waals surface area contributed by atoms with Crippen molar-refractivity contribution in [3.8, 4) is 11.5 Å². The number of halogens is 12. The largest absolute Gasteiger partial charge is 0.508 e. The molecule has 0 aliphatic heterocycles. The van der Waals surface area contributed by atoms with Crippen LogP contribution in [0.2, 0.25) is 0 Å². The summed E-state index contributed by atoms with van der Waals surface area (Å²) in [5, 5.41) is 21.4. The number of hydrogen-bond acceptors (Lipinski definition) is 4. The average molecular weight is 1400 g/mol. The summed E-state index contributed by atoms with van der Waals surface area (Å²) in [4.78, 5) is 0. The number of phenolic OH excluding ortho intramolecular Hbond substituents is 2. The molecule has 4 atom stereocenters. The summed E-state index contributed by atoms with van der Waals surface area (Å²) in [6.45, 7) is 11.2. The van der Waals surface area contributed by atoms with Crippen LogP contribution < -0.4 is 0 Å². The van der Waals surface area contributed by atoms with E-state index in [9.17, 15) is 5.11 Å². The highest BCUT2D eigenvalue weighted by Crippen LogP contribution is 2.41. The Labute approximate surface area is 364 Å². The van der Waals surface area contributed by atoms with Crippen LogP contribution in [0, 0.1) is 0 Å². The van der Waals surface area contributed by atoms with Crippen LogP contribution in [-0.2, 0) is 9.47 Å². The van der Waals surface area contributed by atoms with Gasteiger partial charge in [-0.25, -0.2) is 0 Å². The van der Waals surface area contributed by atoms with Crippen LogP contribution in [0.4, 0.5) is 0 Å². The Morgan fingerprint density at radius 2 is 0.864 bits per heavy atom. The molecule has 256 valence electrons. The standard InChI is InChI=1S/2C8H14Br4O.C6H2Br4O.C6H6O/c2*1-7(11,3-9)5-13-6-8(2,12)4-10;7-2-1-3(11)5(9)6(10)4(2)8;7-6-4-2-1-3-5-6/h2*3-6H2,1-2H3;1,11H;1-5,7H/t2*7-,8?;;/m11../s1. The molecular weight excluding hydrogens is 1360 g/mol. The Morgan fingerprint density at radius 1 is 0.545 bits per heavy atom. The zero-order valence-electron chi connectivity index (χ0n) is 24.4. The number of aromatic hydroxyl groups is 2. The maximum atomic E-state index is 9.28. The summed E-state index contributed by atoms with van der Waals surface area (Å²) < 4.78 is 14.4. The normalized spacial score (nSPS) is 16.2. The molecular formula is C28H36Br12O4. The molecule has 0 bridgehead atoms. The number of rotatable bonds is 12. The van der Waals surface area contributed by atoms with Crippen molar-refractivity contribution >= 4 is 191 Å². The second kappa shape index (κ2) is 25.6. The zero-order chi connectivity index (χ0) is 34.8. The first kappa shape index (κ1) is 49.8. The molecule has 2 aromatic carbocycles. The van der Waals surface area contributed by atoms with Crippen LogP contribution in [0.3, 0.4) is 0 Å². The molecule has 0 saturated heterocycles. The Hall–Kier alpha value is 3.72. The number of ether oxygens (including phenoxy) is 2. The molecule has 0 spiro atoms. The van der Waals surface area contributed by atoms with Crippen molar-refractivity contribution in [1.82, 2.24) is 0 Å². The second-order valence-electron chi connectivity index (χ2n) is 10.3. The van der Waals surface area contributed by atoms with Gasteiger partial charge in [0, 0.05) is 30.3 Å². The lowest BCUT2D eigenvalue weighted by Crippen LogP contribution is -2.31. The van der Waals surface area contributed by atoms with Crippen molar-refractivity contribution in [1.29, 1.82) is 0 Å². The van der Waals surface area contributed by atoms with Gasteiger partial charge < -0.3 is 19.7 Å². The zero-order valence-corrected chi connectivity index (χ0v) is 43.4. The van der Waals surface area contributed by atoms with E-state index in [1.165, 1.54) is 0 Å². The molecule has 2 unspecified atom stereocenters.